The highest BCUT2D eigenvalue weighted by Crippen LogP contribution is 2.36. The molecule has 0 unspecified atom stereocenters. The van der Waals surface area contributed by atoms with Gasteiger partial charge in [0.1, 0.15) is 5.75 Å². The van der Waals surface area contributed by atoms with Crippen molar-refractivity contribution in [3.63, 3.8) is 0 Å². The molecule has 3 rings (SSSR count). The number of carbonyl (C=O) groups is 1. The van der Waals surface area contributed by atoms with Gasteiger partial charge in [0.15, 0.2) is 23.2 Å². The number of nitrogens with zero attached hydrogens (tertiary/aromatic N) is 1. The van der Waals surface area contributed by atoms with Crippen LogP contribution in [0.3, 0.4) is 0 Å². The molecule has 7 heteroatoms. The van der Waals surface area contributed by atoms with Crippen LogP contribution < -0.4 is 19.5 Å². The lowest BCUT2D eigenvalue weighted by Crippen LogP contribution is -2.20. The molecule has 0 fully saturated rings. The highest BCUT2D eigenvalue weighted by molar-refractivity contribution is 7.22. The lowest BCUT2D eigenvalue weighted by molar-refractivity contribution is -0.118. The van der Waals surface area contributed by atoms with E-state index >= 15 is 0 Å². The summed E-state index contributed by atoms with van der Waals surface area (Å²) in [6.07, 6.45) is 0. The lowest BCUT2D eigenvalue weighted by Gasteiger charge is -2.11. The molecule has 1 amide bonds. The van der Waals surface area contributed by atoms with Gasteiger partial charge in [0.25, 0.3) is 5.91 Å². The Morgan fingerprint density at radius 2 is 1.77 bits per heavy atom. The number of fused-ring (bicyclic) bond motifs is 1. The van der Waals surface area contributed by atoms with Gasteiger partial charge in [0.05, 0.1) is 24.4 Å². The molecule has 2 aromatic carbocycles. The maximum atomic E-state index is 12.2. The predicted octanol–water partition coefficient (Wildman–Crippen LogP) is 3.95. The number of ether oxygens (including phenoxy) is 3. The summed E-state index contributed by atoms with van der Waals surface area (Å²) in [7, 11) is 3.15. The van der Waals surface area contributed by atoms with E-state index in [2.05, 4.69) is 10.3 Å². The van der Waals surface area contributed by atoms with Gasteiger partial charge in [-0.2, -0.15) is 0 Å². The van der Waals surface area contributed by atoms with E-state index in [1.807, 2.05) is 38.1 Å². The zero-order valence-corrected chi connectivity index (χ0v) is 15.9. The maximum Gasteiger partial charge on any atom is 0.264 e. The molecule has 1 N–H and O–H groups in total. The van der Waals surface area contributed by atoms with E-state index < -0.39 is 0 Å². The van der Waals surface area contributed by atoms with Crippen LogP contribution in [0.4, 0.5) is 5.13 Å². The fraction of sp³-hybridized carbons (Fsp3) is 0.263. The summed E-state index contributed by atoms with van der Waals surface area (Å²) in [5.41, 5.74) is 2.73. The Hall–Kier alpha value is -2.80. The lowest BCUT2D eigenvalue weighted by atomic mass is 10.1. The average Bonchev–Trinajstić information content (AvgIpc) is 3.00. The number of hydrogen-bond acceptors (Lipinski definition) is 6. The van der Waals surface area contributed by atoms with E-state index in [9.17, 15) is 4.79 Å². The molecule has 0 aliphatic carbocycles. The molecule has 6 nitrogen and oxygen atoms in total. The first kappa shape index (κ1) is 18.0. The van der Waals surface area contributed by atoms with Gasteiger partial charge in [-0.1, -0.05) is 29.5 Å². The molecule has 1 aromatic heterocycles. The second-order valence-electron chi connectivity index (χ2n) is 5.75. The number of amides is 1. The number of para-hydroxylation sites is 1. The van der Waals surface area contributed by atoms with E-state index in [4.69, 9.17) is 14.2 Å². The number of benzene rings is 2. The Bertz CT molecular complexity index is 891. The summed E-state index contributed by atoms with van der Waals surface area (Å²) in [4.78, 5) is 16.6. The van der Waals surface area contributed by atoms with Crippen LogP contribution in [0.15, 0.2) is 30.3 Å². The third-order valence-corrected chi connectivity index (χ3v) is 4.83. The first-order valence-corrected chi connectivity index (χ1v) is 8.85. The summed E-state index contributed by atoms with van der Waals surface area (Å²) in [5, 5.41) is 3.28. The van der Waals surface area contributed by atoms with Gasteiger partial charge in [-0.15, -0.1) is 0 Å². The number of hydrogen-bond donors (Lipinski definition) is 1. The summed E-state index contributed by atoms with van der Waals surface area (Å²) in [6, 6.07) is 9.49. The van der Waals surface area contributed by atoms with Crippen molar-refractivity contribution >= 4 is 32.6 Å². The summed E-state index contributed by atoms with van der Waals surface area (Å²) >= 11 is 1.37. The Balaban J connectivity index is 1.71. The summed E-state index contributed by atoms with van der Waals surface area (Å²) in [5.74, 6) is 1.70. The molecule has 0 aliphatic heterocycles. The number of rotatable bonds is 6. The largest absolute Gasteiger partial charge is 0.493 e. The van der Waals surface area contributed by atoms with E-state index in [-0.39, 0.29) is 12.5 Å². The van der Waals surface area contributed by atoms with Crippen LogP contribution in [-0.2, 0) is 4.79 Å². The minimum Gasteiger partial charge on any atom is -0.493 e. The van der Waals surface area contributed by atoms with Crippen molar-refractivity contribution in [2.24, 2.45) is 0 Å². The van der Waals surface area contributed by atoms with Gasteiger partial charge in [-0.25, -0.2) is 4.98 Å². The Kier molecular flexibility index (Phi) is 5.27. The van der Waals surface area contributed by atoms with Crippen molar-refractivity contribution in [1.82, 2.24) is 4.98 Å². The van der Waals surface area contributed by atoms with Crippen molar-refractivity contribution in [2.45, 2.75) is 13.8 Å². The molecule has 0 saturated carbocycles. The third kappa shape index (κ3) is 3.72. The Morgan fingerprint density at radius 1 is 1.12 bits per heavy atom. The fourth-order valence-corrected chi connectivity index (χ4v) is 3.52. The number of thiazole rings is 1. The van der Waals surface area contributed by atoms with E-state index in [0.717, 1.165) is 27.1 Å². The van der Waals surface area contributed by atoms with Gasteiger partial charge in [0, 0.05) is 12.1 Å². The quantitative estimate of drug-likeness (QED) is 0.709. The summed E-state index contributed by atoms with van der Waals surface area (Å²) < 4.78 is 17.1. The molecule has 136 valence electrons. The number of aryl methyl sites for hydroxylation is 2. The normalized spacial score (nSPS) is 10.6. The monoisotopic (exact) mass is 372 g/mol. The van der Waals surface area contributed by atoms with Crippen LogP contribution >= 0.6 is 11.3 Å². The van der Waals surface area contributed by atoms with Crippen molar-refractivity contribution in [1.29, 1.82) is 0 Å². The van der Waals surface area contributed by atoms with Gasteiger partial charge in [0.2, 0.25) is 0 Å². The van der Waals surface area contributed by atoms with Crippen molar-refractivity contribution < 1.29 is 19.0 Å². The van der Waals surface area contributed by atoms with Crippen molar-refractivity contribution in [3.8, 4) is 17.2 Å². The molecule has 3 aromatic rings. The van der Waals surface area contributed by atoms with Crippen molar-refractivity contribution in [3.05, 3.63) is 41.5 Å². The molecular formula is C19H20N2O4S. The SMILES string of the molecule is COc1cc2nc(NC(=O)COc3c(C)cccc3C)sc2cc1OC. The average molecular weight is 372 g/mol. The zero-order chi connectivity index (χ0) is 18.7. The standard InChI is InChI=1S/C19H20N2O4S/c1-11-6-5-7-12(2)18(11)25-10-17(22)21-19-20-13-8-14(23-3)15(24-4)9-16(13)26-19/h5-9H,10H2,1-4H3,(H,20,21,22). The van der Waals surface area contributed by atoms with E-state index in [0.29, 0.717) is 16.6 Å². The van der Waals surface area contributed by atoms with Gasteiger partial charge in [-0.3, -0.25) is 10.1 Å². The topological polar surface area (TPSA) is 69.7 Å². The van der Waals surface area contributed by atoms with Crippen LogP contribution in [0.1, 0.15) is 11.1 Å². The van der Waals surface area contributed by atoms with Crippen LogP contribution in [0.25, 0.3) is 10.2 Å². The van der Waals surface area contributed by atoms with E-state index in [1.165, 1.54) is 11.3 Å². The molecule has 0 aliphatic rings. The van der Waals surface area contributed by atoms with Gasteiger partial charge in [-0.05, 0) is 25.0 Å². The fourth-order valence-electron chi connectivity index (χ4n) is 2.63. The highest BCUT2D eigenvalue weighted by Gasteiger charge is 2.13. The number of carbonyl (C=O) groups excluding carboxylic acids is 1. The van der Waals surface area contributed by atoms with E-state index in [1.54, 1.807) is 20.3 Å². The zero-order valence-electron chi connectivity index (χ0n) is 15.1. The van der Waals surface area contributed by atoms with Gasteiger partial charge >= 0.3 is 0 Å². The first-order valence-electron chi connectivity index (χ1n) is 8.03. The first-order chi connectivity index (χ1) is 12.5. The second kappa shape index (κ2) is 7.61. The number of methoxy groups -OCH3 is 2. The maximum absolute atomic E-state index is 12.2. The Labute approximate surface area is 155 Å². The number of aromatic nitrogens is 1. The Morgan fingerprint density at radius 3 is 2.42 bits per heavy atom. The predicted molar refractivity (Wildman–Crippen MR) is 103 cm³/mol. The third-order valence-electron chi connectivity index (χ3n) is 3.90. The van der Waals surface area contributed by atoms with Crippen LogP contribution in [0.5, 0.6) is 17.2 Å². The molecule has 0 saturated heterocycles. The van der Waals surface area contributed by atoms with Crippen molar-refractivity contribution in [2.75, 3.05) is 26.1 Å². The molecular weight excluding hydrogens is 352 g/mol. The molecule has 0 radical (unpaired) electrons. The second-order valence-corrected chi connectivity index (χ2v) is 6.78. The van der Waals surface area contributed by atoms with Crippen LogP contribution in [-0.4, -0.2) is 31.7 Å². The highest BCUT2D eigenvalue weighted by atomic mass is 32.1. The smallest absolute Gasteiger partial charge is 0.264 e. The minimum atomic E-state index is -0.259. The molecule has 1 heterocycles. The number of nitrogens with one attached hydrogen (secondary N) is 1. The summed E-state index contributed by atoms with van der Waals surface area (Å²) in [6.45, 7) is 3.83. The number of anilines is 1. The molecule has 0 bridgehead atoms. The molecule has 26 heavy (non-hydrogen) atoms. The molecule has 0 atom stereocenters. The minimum absolute atomic E-state index is 0.0751. The van der Waals surface area contributed by atoms with Crippen LogP contribution in [0, 0.1) is 13.8 Å². The molecule has 0 spiro atoms. The van der Waals surface area contributed by atoms with Crippen LogP contribution in [0.2, 0.25) is 0 Å². The van der Waals surface area contributed by atoms with Gasteiger partial charge < -0.3 is 14.2 Å².